The second-order valence-corrected chi connectivity index (χ2v) is 9.06. The van der Waals surface area contributed by atoms with Gasteiger partial charge < -0.3 is 16.2 Å². The molecule has 5 rings (SSSR count). The Morgan fingerprint density at radius 3 is 2.69 bits per heavy atom. The summed E-state index contributed by atoms with van der Waals surface area (Å²) in [5.74, 6) is 2.29. The maximum Gasteiger partial charge on any atom is 0.189 e. The Labute approximate surface area is 190 Å². The summed E-state index contributed by atoms with van der Waals surface area (Å²) in [5, 5.41) is 13.7. The summed E-state index contributed by atoms with van der Waals surface area (Å²) in [4.78, 5) is 18.0. The number of hydrogen-bond donors (Lipinski definition) is 3. The average molecular weight is 445 g/mol. The number of aliphatic hydroxyl groups excluding tert-OH is 1. The quantitative estimate of drug-likeness (QED) is 0.359. The minimum Gasteiger partial charge on any atom is -0.393 e. The molecule has 0 aliphatic heterocycles. The molecule has 3 heterocycles. The zero-order valence-corrected chi connectivity index (χ0v) is 18.3. The molecule has 0 atom stereocenters. The van der Waals surface area contributed by atoms with Crippen LogP contribution in [0.3, 0.4) is 0 Å². The highest BCUT2D eigenvalue weighted by atomic mass is 32.1. The molecule has 1 aliphatic carbocycles. The first-order valence-electron chi connectivity index (χ1n) is 10.7. The summed E-state index contributed by atoms with van der Waals surface area (Å²) in [7, 11) is 0. The number of fused-ring (bicyclic) bond motifs is 1. The molecule has 1 aliphatic rings. The lowest BCUT2D eigenvalue weighted by molar-refractivity contribution is 0.121. The summed E-state index contributed by atoms with van der Waals surface area (Å²) in [6.07, 6.45) is 7.25. The Balaban J connectivity index is 1.31. The van der Waals surface area contributed by atoms with Gasteiger partial charge in [-0.3, -0.25) is 0 Å². The van der Waals surface area contributed by atoms with E-state index in [4.69, 9.17) is 5.73 Å². The molecular formula is C24H24N6OS. The number of benzene rings is 1. The number of thiazole rings is 1. The van der Waals surface area contributed by atoms with Crippen molar-refractivity contribution in [3.05, 3.63) is 54.7 Å². The van der Waals surface area contributed by atoms with Crippen LogP contribution < -0.4 is 11.1 Å². The number of aliphatic imine (C=N–C) groups is 1. The molecule has 8 heteroatoms. The van der Waals surface area contributed by atoms with Crippen LogP contribution in [-0.4, -0.2) is 32.4 Å². The van der Waals surface area contributed by atoms with Crippen LogP contribution in [0.1, 0.15) is 25.7 Å². The molecule has 1 fully saturated rings. The van der Waals surface area contributed by atoms with E-state index < -0.39 is 0 Å². The fraction of sp³-hybridized carbons (Fsp3) is 0.250. The smallest absolute Gasteiger partial charge is 0.189 e. The average Bonchev–Trinajstić information content (AvgIpc) is 3.21. The van der Waals surface area contributed by atoms with Gasteiger partial charge >= 0.3 is 0 Å². The highest BCUT2D eigenvalue weighted by molar-refractivity contribution is 7.22. The molecule has 32 heavy (non-hydrogen) atoms. The van der Waals surface area contributed by atoms with E-state index in [1.807, 2.05) is 42.6 Å². The summed E-state index contributed by atoms with van der Waals surface area (Å²) in [5.41, 5.74) is 8.71. The second-order valence-electron chi connectivity index (χ2n) is 8.03. The lowest BCUT2D eigenvalue weighted by atomic mass is 9.88. The number of aromatic nitrogens is 3. The lowest BCUT2D eigenvalue weighted by Gasteiger charge is -2.21. The molecule has 0 bridgehead atoms. The van der Waals surface area contributed by atoms with E-state index in [-0.39, 0.29) is 6.10 Å². The monoisotopic (exact) mass is 444 g/mol. The Hall–Kier alpha value is -3.36. The minimum absolute atomic E-state index is 0.154. The van der Waals surface area contributed by atoms with Gasteiger partial charge in [0, 0.05) is 18.0 Å². The maximum atomic E-state index is 9.65. The predicted octanol–water partition coefficient (Wildman–Crippen LogP) is 5.33. The van der Waals surface area contributed by atoms with E-state index in [0.29, 0.717) is 23.4 Å². The summed E-state index contributed by atoms with van der Waals surface area (Å²) in [6, 6.07) is 15.7. The van der Waals surface area contributed by atoms with E-state index in [9.17, 15) is 5.11 Å². The number of nitrogens with zero attached hydrogens (tertiary/aromatic N) is 4. The number of pyridine rings is 2. The Morgan fingerprint density at radius 2 is 1.88 bits per heavy atom. The largest absolute Gasteiger partial charge is 0.393 e. The van der Waals surface area contributed by atoms with E-state index in [0.717, 1.165) is 52.2 Å². The van der Waals surface area contributed by atoms with Gasteiger partial charge in [-0.15, -0.1) is 0 Å². The standard InChI is InChI=1S/C24H24N6OS/c25-21-11-7-17(14-26-21)16-6-10-19-20(12-16)32-24(28-19)30-23-3-1-2-22(29-23)27-13-15-4-8-18(31)9-5-15/h1-3,6-7,10-15,18,31H,4-5,8-9H2,(H2,25,26)(H,28,29,30)/b27-13+. The third-order valence-electron chi connectivity index (χ3n) is 5.64. The molecule has 0 spiro atoms. The second kappa shape index (κ2) is 9.02. The van der Waals surface area contributed by atoms with Crippen molar-refractivity contribution in [1.29, 1.82) is 0 Å². The number of nitrogens with one attached hydrogen (secondary N) is 1. The zero-order valence-electron chi connectivity index (χ0n) is 17.5. The normalized spacial score (nSPS) is 18.9. The summed E-state index contributed by atoms with van der Waals surface area (Å²) < 4.78 is 1.08. The molecule has 0 saturated heterocycles. The highest BCUT2D eigenvalue weighted by Crippen LogP contribution is 2.32. The van der Waals surface area contributed by atoms with Crippen molar-refractivity contribution in [2.75, 3.05) is 11.1 Å². The molecule has 4 aromatic rings. The van der Waals surface area contributed by atoms with Crippen LogP contribution in [0.25, 0.3) is 21.3 Å². The fourth-order valence-corrected chi connectivity index (χ4v) is 4.75. The minimum atomic E-state index is -0.154. The number of nitrogens with two attached hydrogens (primary N) is 1. The van der Waals surface area contributed by atoms with Gasteiger partial charge in [-0.05, 0) is 73.6 Å². The van der Waals surface area contributed by atoms with Gasteiger partial charge in [0.05, 0.1) is 16.3 Å². The number of hydrogen-bond acceptors (Lipinski definition) is 8. The zero-order chi connectivity index (χ0) is 21.9. The van der Waals surface area contributed by atoms with E-state index >= 15 is 0 Å². The Bertz CT molecular complexity index is 1250. The van der Waals surface area contributed by atoms with Gasteiger partial charge in [-0.2, -0.15) is 0 Å². The fourth-order valence-electron chi connectivity index (χ4n) is 3.84. The van der Waals surface area contributed by atoms with Crippen LogP contribution in [0.5, 0.6) is 0 Å². The van der Waals surface area contributed by atoms with E-state index in [1.54, 1.807) is 23.6 Å². The summed E-state index contributed by atoms with van der Waals surface area (Å²) in [6.45, 7) is 0. The van der Waals surface area contributed by atoms with Crippen LogP contribution in [-0.2, 0) is 0 Å². The topological polar surface area (TPSA) is 109 Å². The van der Waals surface area contributed by atoms with Crippen molar-refractivity contribution < 1.29 is 5.11 Å². The van der Waals surface area contributed by atoms with Gasteiger partial charge in [0.2, 0.25) is 0 Å². The number of aliphatic hydroxyl groups is 1. The molecule has 3 aromatic heterocycles. The summed E-state index contributed by atoms with van der Waals surface area (Å²) >= 11 is 1.58. The molecular weight excluding hydrogens is 420 g/mol. The third kappa shape index (κ3) is 4.76. The Kier molecular flexibility index (Phi) is 5.79. The molecule has 1 aromatic carbocycles. The molecule has 0 amide bonds. The number of anilines is 3. The Morgan fingerprint density at radius 1 is 1.03 bits per heavy atom. The van der Waals surface area contributed by atoms with Crippen molar-refractivity contribution in [3.63, 3.8) is 0 Å². The third-order valence-corrected chi connectivity index (χ3v) is 6.57. The van der Waals surface area contributed by atoms with Crippen LogP contribution >= 0.6 is 11.3 Å². The number of nitrogen functional groups attached to an aromatic ring is 1. The SMILES string of the molecule is Nc1ccc(-c2ccc3nc(Nc4cccc(/N=C/C5CCC(O)CC5)n4)sc3c2)cn1. The highest BCUT2D eigenvalue weighted by Gasteiger charge is 2.17. The number of rotatable bonds is 5. The first kappa shape index (κ1) is 20.5. The van der Waals surface area contributed by atoms with E-state index in [2.05, 4.69) is 31.3 Å². The van der Waals surface area contributed by atoms with Gasteiger partial charge in [-0.25, -0.2) is 19.9 Å². The molecule has 7 nitrogen and oxygen atoms in total. The van der Waals surface area contributed by atoms with Crippen LogP contribution in [0.2, 0.25) is 0 Å². The first-order valence-corrected chi connectivity index (χ1v) is 11.5. The van der Waals surface area contributed by atoms with Crippen molar-refractivity contribution in [2.24, 2.45) is 10.9 Å². The van der Waals surface area contributed by atoms with Crippen LogP contribution in [0, 0.1) is 5.92 Å². The molecule has 162 valence electrons. The first-order chi connectivity index (χ1) is 15.6. The predicted molar refractivity (Wildman–Crippen MR) is 131 cm³/mol. The van der Waals surface area contributed by atoms with Gasteiger partial charge in [-0.1, -0.05) is 23.5 Å². The molecule has 0 radical (unpaired) electrons. The van der Waals surface area contributed by atoms with Crippen molar-refractivity contribution in [3.8, 4) is 11.1 Å². The van der Waals surface area contributed by atoms with Crippen molar-refractivity contribution >= 4 is 50.4 Å². The molecule has 0 unspecified atom stereocenters. The molecule has 1 saturated carbocycles. The van der Waals surface area contributed by atoms with Gasteiger partial charge in [0.1, 0.15) is 11.6 Å². The van der Waals surface area contributed by atoms with Crippen LogP contribution in [0.4, 0.5) is 22.6 Å². The molecule has 4 N–H and O–H groups in total. The van der Waals surface area contributed by atoms with E-state index in [1.165, 1.54) is 0 Å². The van der Waals surface area contributed by atoms with Gasteiger partial charge in [0.25, 0.3) is 0 Å². The van der Waals surface area contributed by atoms with Crippen molar-refractivity contribution in [2.45, 2.75) is 31.8 Å². The van der Waals surface area contributed by atoms with Crippen LogP contribution in [0.15, 0.2) is 59.7 Å². The maximum absolute atomic E-state index is 9.65. The van der Waals surface area contributed by atoms with Crippen molar-refractivity contribution in [1.82, 2.24) is 15.0 Å². The van der Waals surface area contributed by atoms with Gasteiger partial charge in [0.15, 0.2) is 10.9 Å². The lowest BCUT2D eigenvalue weighted by Crippen LogP contribution is -2.18.